The molecule has 5 heteroatoms. The van der Waals surface area contributed by atoms with Gasteiger partial charge < -0.3 is 14.5 Å². The molecule has 1 heterocycles. The van der Waals surface area contributed by atoms with Crippen LogP contribution in [0.5, 0.6) is 11.5 Å². The number of carbonyl (C=O) groups excluding carboxylic acids is 1. The Balaban J connectivity index is 1.57. The van der Waals surface area contributed by atoms with Crippen molar-refractivity contribution < 1.29 is 13.9 Å². The van der Waals surface area contributed by atoms with Crippen molar-refractivity contribution in [1.82, 2.24) is 0 Å². The Morgan fingerprint density at radius 2 is 1.67 bits per heavy atom. The lowest BCUT2D eigenvalue weighted by atomic mass is 10.3. The summed E-state index contributed by atoms with van der Waals surface area (Å²) in [4.78, 5) is 11.9. The lowest BCUT2D eigenvalue weighted by Crippen LogP contribution is -2.07. The van der Waals surface area contributed by atoms with E-state index in [0.717, 1.165) is 5.75 Å². The quantitative estimate of drug-likeness (QED) is 0.592. The number of hydrogen-bond acceptors (Lipinski definition) is 3. The Morgan fingerprint density at radius 3 is 2.33 bits per heavy atom. The summed E-state index contributed by atoms with van der Waals surface area (Å²) in [6.45, 7) is 0. The Morgan fingerprint density at radius 1 is 0.958 bits per heavy atom. The second-order valence-corrected chi connectivity index (χ2v) is 5.69. The van der Waals surface area contributed by atoms with E-state index in [0.29, 0.717) is 21.9 Å². The van der Waals surface area contributed by atoms with Crippen LogP contribution in [0.4, 0.5) is 5.69 Å². The molecular formula is C19H14BrNO3. The summed E-state index contributed by atoms with van der Waals surface area (Å²) < 4.78 is 11.6. The smallest absolute Gasteiger partial charge is 0.248 e. The molecule has 0 spiro atoms. The molecule has 4 nitrogen and oxygen atoms in total. The number of rotatable bonds is 5. The van der Waals surface area contributed by atoms with Crippen molar-refractivity contribution in [3.63, 3.8) is 0 Å². The average Bonchev–Trinajstić information content (AvgIpc) is 3.01. The number of amides is 1. The molecule has 0 aliphatic carbocycles. The second-order valence-electron chi connectivity index (χ2n) is 4.90. The van der Waals surface area contributed by atoms with Crippen molar-refractivity contribution in [2.75, 3.05) is 5.32 Å². The molecule has 120 valence electrons. The van der Waals surface area contributed by atoms with Crippen molar-refractivity contribution in [3.8, 4) is 11.5 Å². The minimum absolute atomic E-state index is 0.237. The van der Waals surface area contributed by atoms with E-state index >= 15 is 0 Å². The first-order valence-electron chi connectivity index (χ1n) is 7.26. The highest BCUT2D eigenvalue weighted by Gasteiger charge is 2.01. The molecule has 1 aromatic heterocycles. The molecule has 1 N–H and O–H groups in total. The predicted octanol–water partition coefficient (Wildman–Crippen LogP) is 5.49. The number of benzene rings is 2. The van der Waals surface area contributed by atoms with Gasteiger partial charge in [0.1, 0.15) is 17.3 Å². The molecule has 3 aromatic rings. The summed E-state index contributed by atoms with van der Waals surface area (Å²) in [6.07, 6.45) is 3.02. The highest BCUT2D eigenvalue weighted by atomic mass is 79.9. The van der Waals surface area contributed by atoms with Gasteiger partial charge in [-0.25, -0.2) is 0 Å². The molecule has 24 heavy (non-hydrogen) atoms. The Labute approximate surface area is 147 Å². The summed E-state index contributed by atoms with van der Waals surface area (Å²) in [5, 5.41) is 2.78. The molecule has 0 fully saturated rings. The second kappa shape index (κ2) is 7.66. The van der Waals surface area contributed by atoms with Crippen LogP contribution in [0.2, 0.25) is 0 Å². The van der Waals surface area contributed by atoms with Gasteiger partial charge in [-0.1, -0.05) is 18.2 Å². The molecule has 3 rings (SSSR count). The summed E-state index contributed by atoms with van der Waals surface area (Å²) in [7, 11) is 0. The minimum atomic E-state index is -0.237. The fraction of sp³-hybridized carbons (Fsp3) is 0. The zero-order valence-corrected chi connectivity index (χ0v) is 14.2. The Bertz CT molecular complexity index is 839. The largest absolute Gasteiger partial charge is 0.457 e. The maximum Gasteiger partial charge on any atom is 0.248 e. The monoisotopic (exact) mass is 383 g/mol. The maximum absolute atomic E-state index is 11.9. The van der Waals surface area contributed by atoms with Gasteiger partial charge >= 0.3 is 0 Å². The molecule has 0 atom stereocenters. The zero-order chi connectivity index (χ0) is 16.8. The van der Waals surface area contributed by atoms with Gasteiger partial charge in [-0.2, -0.15) is 0 Å². The van der Waals surface area contributed by atoms with Gasteiger partial charge in [0.15, 0.2) is 4.67 Å². The standard InChI is InChI=1S/C19H14BrNO3/c20-18-12-10-17(24-18)11-13-19(22)21-14-6-8-16(9-7-14)23-15-4-2-1-3-5-15/h1-13H,(H,21,22). The van der Waals surface area contributed by atoms with Gasteiger partial charge in [0, 0.05) is 11.8 Å². The highest BCUT2D eigenvalue weighted by Crippen LogP contribution is 2.22. The van der Waals surface area contributed by atoms with Crippen molar-refractivity contribution in [2.45, 2.75) is 0 Å². The summed E-state index contributed by atoms with van der Waals surface area (Å²) in [5.41, 5.74) is 0.686. The van der Waals surface area contributed by atoms with Crippen molar-refractivity contribution in [2.24, 2.45) is 0 Å². The number of hydrogen-bond donors (Lipinski definition) is 1. The summed E-state index contributed by atoms with van der Waals surface area (Å²) in [5.74, 6) is 1.83. The van der Waals surface area contributed by atoms with Crippen molar-refractivity contribution >= 4 is 33.6 Å². The van der Waals surface area contributed by atoms with Gasteiger partial charge in [0.2, 0.25) is 5.91 Å². The highest BCUT2D eigenvalue weighted by molar-refractivity contribution is 9.10. The van der Waals surface area contributed by atoms with E-state index < -0.39 is 0 Å². The summed E-state index contributed by atoms with van der Waals surface area (Å²) in [6, 6.07) is 20.2. The van der Waals surface area contributed by atoms with E-state index in [2.05, 4.69) is 21.2 Å². The van der Waals surface area contributed by atoms with E-state index in [1.54, 1.807) is 42.5 Å². The molecule has 0 aliphatic rings. The topological polar surface area (TPSA) is 51.5 Å². The lowest BCUT2D eigenvalue weighted by molar-refractivity contribution is -0.111. The van der Waals surface area contributed by atoms with Gasteiger partial charge in [-0.05, 0) is 70.5 Å². The van der Waals surface area contributed by atoms with Crippen LogP contribution in [0, 0.1) is 0 Å². The number of nitrogens with one attached hydrogen (secondary N) is 1. The number of carbonyl (C=O) groups is 1. The van der Waals surface area contributed by atoms with Crippen LogP contribution in [0.1, 0.15) is 5.76 Å². The summed E-state index contributed by atoms with van der Waals surface area (Å²) >= 11 is 3.21. The van der Waals surface area contributed by atoms with Gasteiger partial charge in [-0.15, -0.1) is 0 Å². The lowest BCUT2D eigenvalue weighted by Gasteiger charge is -2.07. The Hall–Kier alpha value is -2.79. The average molecular weight is 384 g/mol. The van der Waals surface area contributed by atoms with Crippen LogP contribution in [-0.2, 0) is 4.79 Å². The van der Waals surface area contributed by atoms with E-state index in [4.69, 9.17) is 9.15 Å². The number of ether oxygens (including phenoxy) is 1. The molecule has 0 bridgehead atoms. The predicted molar refractivity (Wildman–Crippen MR) is 97.0 cm³/mol. The zero-order valence-electron chi connectivity index (χ0n) is 12.6. The van der Waals surface area contributed by atoms with E-state index in [9.17, 15) is 4.79 Å². The third kappa shape index (κ3) is 4.60. The van der Waals surface area contributed by atoms with Crippen molar-refractivity contribution in [3.05, 3.63) is 83.2 Å². The van der Waals surface area contributed by atoms with E-state index in [1.807, 2.05) is 30.3 Å². The first kappa shape index (κ1) is 16.1. The molecule has 0 radical (unpaired) electrons. The van der Waals surface area contributed by atoms with Crippen molar-refractivity contribution in [1.29, 1.82) is 0 Å². The molecule has 0 aliphatic heterocycles. The first-order chi connectivity index (χ1) is 11.7. The van der Waals surface area contributed by atoms with Crippen LogP contribution >= 0.6 is 15.9 Å². The van der Waals surface area contributed by atoms with Crippen LogP contribution in [0.25, 0.3) is 6.08 Å². The molecular weight excluding hydrogens is 370 g/mol. The van der Waals surface area contributed by atoms with Crippen LogP contribution < -0.4 is 10.1 Å². The van der Waals surface area contributed by atoms with E-state index in [-0.39, 0.29) is 5.91 Å². The molecule has 1 amide bonds. The van der Waals surface area contributed by atoms with Crippen LogP contribution in [-0.4, -0.2) is 5.91 Å². The number of halogens is 1. The van der Waals surface area contributed by atoms with Gasteiger partial charge in [0.05, 0.1) is 0 Å². The number of furan rings is 1. The molecule has 0 saturated heterocycles. The molecule has 0 saturated carbocycles. The van der Waals surface area contributed by atoms with E-state index in [1.165, 1.54) is 6.08 Å². The van der Waals surface area contributed by atoms with Crippen LogP contribution in [0.3, 0.4) is 0 Å². The third-order valence-corrected chi connectivity index (χ3v) is 3.52. The first-order valence-corrected chi connectivity index (χ1v) is 8.06. The third-order valence-electron chi connectivity index (χ3n) is 3.09. The Kier molecular flexibility index (Phi) is 5.13. The number of para-hydroxylation sites is 1. The SMILES string of the molecule is O=C(C=Cc1ccc(Br)o1)Nc1ccc(Oc2ccccc2)cc1. The van der Waals surface area contributed by atoms with Crippen LogP contribution in [0.15, 0.2) is 81.9 Å². The van der Waals surface area contributed by atoms with Gasteiger partial charge in [0.25, 0.3) is 0 Å². The number of anilines is 1. The minimum Gasteiger partial charge on any atom is -0.457 e. The maximum atomic E-state index is 11.9. The fourth-order valence-electron chi connectivity index (χ4n) is 1.99. The molecule has 0 unspecified atom stereocenters. The molecule has 2 aromatic carbocycles. The normalized spacial score (nSPS) is 10.7. The van der Waals surface area contributed by atoms with Gasteiger partial charge in [-0.3, -0.25) is 4.79 Å². The fourth-order valence-corrected chi connectivity index (χ4v) is 2.31.